The summed E-state index contributed by atoms with van der Waals surface area (Å²) in [6.07, 6.45) is 2.15. The summed E-state index contributed by atoms with van der Waals surface area (Å²) in [6.45, 7) is -0.0730. The highest BCUT2D eigenvalue weighted by molar-refractivity contribution is 5.75. The molecular weight excluding hydrogens is 285 g/mol. The minimum atomic E-state index is -0.370. The average molecular weight is 301 g/mol. The fourth-order valence-electron chi connectivity index (χ4n) is 2.20. The molecule has 1 amide bonds. The van der Waals surface area contributed by atoms with Gasteiger partial charge in [0.15, 0.2) is 0 Å². The van der Waals surface area contributed by atoms with Crippen LogP contribution >= 0.6 is 0 Å². The molecule has 1 saturated carbocycles. The number of hydrogen-bond donors (Lipinski definition) is 1. The largest absolute Gasteiger partial charge is 0.350 e. The van der Waals surface area contributed by atoms with Gasteiger partial charge >= 0.3 is 0 Å². The molecule has 114 valence electrons. The molecule has 3 rings (SSSR count). The molecule has 0 atom stereocenters. The van der Waals surface area contributed by atoms with Crippen LogP contribution in [-0.2, 0) is 17.9 Å². The van der Waals surface area contributed by atoms with E-state index in [-0.39, 0.29) is 30.4 Å². The van der Waals surface area contributed by atoms with E-state index < -0.39 is 0 Å². The first-order chi connectivity index (χ1) is 10.6. The van der Waals surface area contributed by atoms with Crippen molar-refractivity contribution in [3.63, 3.8) is 0 Å². The molecule has 6 heteroatoms. The first-order valence-electron chi connectivity index (χ1n) is 7.21. The Morgan fingerprint density at radius 3 is 2.77 bits per heavy atom. The lowest BCUT2D eigenvalue weighted by Crippen LogP contribution is -2.33. The number of amides is 1. The lowest BCUT2D eigenvalue weighted by Gasteiger charge is -2.08. The van der Waals surface area contributed by atoms with Crippen LogP contribution in [0.15, 0.2) is 41.2 Å². The zero-order valence-electron chi connectivity index (χ0n) is 12.0. The van der Waals surface area contributed by atoms with Crippen molar-refractivity contribution in [2.45, 2.75) is 31.8 Å². The monoisotopic (exact) mass is 301 g/mol. The van der Waals surface area contributed by atoms with Gasteiger partial charge in [0.25, 0.3) is 5.56 Å². The van der Waals surface area contributed by atoms with E-state index in [1.54, 1.807) is 24.3 Å². The van der Waals surface area contributed by atoms with E-state index in [1.165, 1.54) is 12.1 Å². The van der Waals surface area contributed by atoms with Crippen LogP contribution in [0, 0.1) is 5.82 Å². The normalized spacial score (nSPS) is 13.9. The maximum Gasteiger partial charge on any atom is 0.267 e. The molecule has 0 aliphatic heterocycles. The SMILES string of the molecule is O=C(Cn1nc(C2CC2)ccc1=O)NCc1ccccc1F. The van der Waals surface area contributed by atoms with Crippen LogP contribution in [0.1, 0.15) is 30.0 Å². The van der Waals surface area contributed by atoms with Gasteiger partial charge in [-0.2, -0.15) is 5.10 Å². The third-order valence-electron chi connectivity index (χ3n) is 3.61. The second-order valence-electron chi connectivity index (χ2n) is 5.40. The van der Waals surface area contributed by atoms with Crippen LogP contribution in [0.5, 0.6) is 0 Å². The third-order valence-corrected chi connectivity index (χ3v) is 3.61. The Bertz CT molecular complexity index is 753. The zero-order valence-corrected chi connectivity index (χ0v) is 12.0. The van der Waals surface area contributed by atoms with Crippen molar-refractivity contribution >= 4 is 5.91 Å². The molecule has 1 aromatic heterocycles. The Labute approximate surface area is 126 Å². The fraction of sp³-hybridized carbons (Fsp3) is 0.312. The number of carbonyl (C=O) groups excluding carboxylic acids is 1. The summed E-state index contributed by atoms with van der Waals surface area (Å²) >= 11 is 0. The number of hydrogen-bond acceptors (Lipinski definition) is 3. The van der Waals surface area contributed by atoms with Crippen molar-refractivity contribution in [3.8, 4) is 0 Å². The van der Waals surface area contributed by atoms with E-state index in [4.69, 9.17) is 0 Å². The van der Waals surface area contributed by atoms with Crippen molar-refractivity contribution < 1.29 is 9.18 Å². The Morgan fingerprint density at radius 2 is 2.05 bits per heavy atom. The number of carbonyl (C=O) groups is 1. The lowest BCUT2D eigenvalue weighted by atomic mass is 10.2. The molecule has 1 heterocycles. The molecular formula is C16H16FN3O2. The standard InChI is InChI=1S/C16H16FN3O2/c17-13-4-2-1-3-12(13)9-18-15(21)10-20-16(22)8-7-14(19-20)11-5-6-11/h1-4,7-8,11H,5-6,9-10H2,(H,18,21). The molecule has 1 aliphatic carbocycles. The van der Waals surface area contributed by atoms with Crippen molar-refractivity contribution in [2.75, 3.05) is 0 Å². The molecule has 0 spiro atoms. The van der Waals surface area contributed by atoms with Gasteiger partial charge in [-0.3, -0.25) is 9.59 Å². The molecule has 0 saturated heterocycles. The Morgan fingerprint density at radius 1 is 1.27 bits per heavy atom. The van der Waals surface area contributed by atoms with Gasteiger partial charge in [-0.05, 0) is 25.0 Å². The Hall–Kier alpha value is -2.50. The maximum absolute atomic E-state index is 13.5. The highest BCUT2D eigenvalue weighted by Crippen LogP contribution is 2.38. The molecule has 1 aliphatic rings. The number of nitrogens with zero attached hydrogens (tertiary/aromatic N) is 2. The Kier molecular flexibility index (Phi) is 4.00. The molecule has 5 nitrogen and oxygen atoms in total. The summed E-state index contributed by atoms with van der Waals surface area (Å²) in [6, 6.07) is 9.39. The minimum Gasteiger partial charge on any atom is -0.350 e. The predicted molar refractivity (Wildman–Crippen MR) is 78.7 cm³/mol. The smallest absolute Gasteiger partial charge is 0.267 e. The van der Waals surface area contributed by atoms with E-state index in [9.17, 15) is 14.0 Å². The highest BCUT2D eigenvalue weighted by Gasteiger charge is 2.25. The molecule has 0 unspecified atom stereocenters. The van der Waals surface area contributed by atoms with Crippen molar-refractivity contribution in [2.24, 2.45) is 0 Å². The fourth-order valence-corrected chi connectivity index (χ4v) is 2.20. The van der Waals surface area contributed by atoms with Gasteiger partial charge in [-0.25, -0.2) is 9.07 Å². The quantitative estimate of drug-likeness (QED) is 0.912. The third kappa shape index (κ3) is 3.39. The van der Waals surface area contributed by atoms with E-state index in [1.807, 2.05) is 0 Å². The van der Waals surface area contributed by atoms with E-state index in [2.05, 4.69) is 10.4 Å². The van der Waals surface area contributed by atoms with Gasteiger partial charge in [0.1, 0.15) is 12.4 Å². The van der Waals surface area contributed by atoms with Crippen LogP contribution in [0.3, 0.4) is 0 Å². The first kappa shape index (κ1) is 14.4. The summed E-state index contributed by atoms with van der Waals surface area (Å²) in [4.78, 5) is 23.7. The van der Waals surface area contributed by atoms with Crippen molar-refractivity contribution in [1.29, 1.82) is 0 Å². The summed E-state index contributed by atoms with van der Waals surface area (Å²) in [7, 11) is 0. The van der Waals surface area contributed by atoms with Crippen LogP contribution in [0.2, 0.25) is 0 Å². The second kappa shape index (κ2) is 6.09. The van der Waals surface area contributed by atoms with Crippen molar-refractivity contribution in [3.05, 3.63) is 63.8 Å². The van der Waals surface area contributed by atoms with Gasteiger partial charge in [0, 0.05) is 24.1 Å². The summed E-state index contributed by atoms with van der Waals surface area (Å²) in [5.74, 6) is -0.326. The van der Waals surface area contributed by atoms with Crippen LogP contribution < -0.4 is 10.9 Å². The first-order valence-corrected chi connectivity index (χ1v) is 7.21. The lowest BCUT2D eigenvalue weighted by molar-refractivity contribution is -0.122. The maximum atomic E-state index is 13.5. The van der Waals surface area contributed by atoms with E-state index in [0.29, 0.717) is 11.5 Å². The van der Waals surface area contributed by atoms with Crippen molar-refractivity contribution in [1.82, 2.24) is 15.1 Å². The molecule has 1 aromatic carbocycles. The number of aromatic nitrogens is 2. The number of rotatable bonds is 5. The number of halogens is 1. The predicted octanol–water partition coefficient (Wildman–Crippen LogP) is 1.58. The molecule has 1 fully saturated rings. The van der Waals surface area contributed by atoms with Gasteiger partial charge < -0.3 is 5.32 Å². The summed E-state index contributed by atoms with van der Waals surface area (Å²) < 4.78 is 14.6. The second-order valence-corrected chi connectivity index (χ2v) is 5.40. The van der Waals surface area contributed by atoms with E-state index in [0.717, 1.165) is 23.2 Å². The van der Waals surface area contributed by atoms with E-state index >= 15 is 0 Å². The molecule has 0 radical (unpaired) electrons. The zero-order chi connectivity index (χ0) is 15.5. The van der Waals surface area contributed by atoms with Crippen LogP contribution in [0.25, 0.3) is 0 Å². The number of benzene rings is 1. The average Bonchev–Trinajstić information content (AvgIpc) is 3.33. The highest BCUT2D eigenvalue weighted by atomic mass is 19.1. The Balaban J connectivity index is 1.63. The van der Waals surface area contributed by atoms with Gasteiger partial charge in [-0.15, -0.1) is 0 Å². The topological polar surface area (TPSA) is 64.0 Å². The van der Waals surface area contributed by atoms with Gasteiger partial charge in [0.2, 0.25) is 5.91 Å². The summed E-state index contributed by atoms with van der Waals surface area (Å²) in [5.41, 5.74) is 0.940. The minimum absolute atomic E-state index is 0.0859. The van der Waals surface area contributed by atoms with Crippen LogP contribution in [-0.4, -0.2) is 15.7 Å². The van der Waals surface area contributed by atoms with Gasteiger partial charge in [-0.1, -0.05) is 18.2 Å². The molecule has 22 heavy (non-hydrogen) atoms. The molecule has 1 N–H and O–H groups in total. The molecule has 2 aromatic rings. The van der Waals surface area contributed by atoms with Gasteiger partial charge in [0.05, 0.1) is 5.69 Å². The summed E-state index contributed by atoms with van der Waals surface area (Å²) in [5, 5.41) is 6.82. The number of nitrogens with one attached hydrogen (secondary N) is 1. The molecule has 0 bridgehead atoms. The van der Waals surface area contributed by atoms with Crippen LogP contribution in [0.4, 0.5) is 4.39 Å².